The van der Waals surface area contributed by atoms with E-state index in [0.29, 0.717) is 5.69 Å². The van der Waals surface area contributed by atoms with Crippen molar-refractivity contribution in [2.45, 2.75) is 12.8 Å². The van der Waals surface area contributed by atoms with Gasteiger partial charge in [0.2, 0.25) is 0 Å². The second-order valence-corrected chi connectivity index (χ2v) is 4.80. The van der Waals surface area contributed by atoms with E-state index in [2.05, 4.69) is 53.3 Å². The molecule has 0 aliphatic carbocycles. The van der Waals surface area contributed by atoms with Crippen LogP contribution < -0.4 is 0 Å². The van der Waals surface area contributed by atoms with Gasteiger partial charge in [-0.3, -0.25) is 9.97 Å². The Labute approximate surface area is 117 Å². The van der Waals surface area contributed by atoms with Gasteiger partial charge in [0, 0.05) is 12.4 Å². The highest BCUT2D eigenvalue weighted by atomic mass is 14.8. The molecule has 0 saturated heterocycles. The number of nitrogens with zero attached hydrogens (tertiary/aromatic N) is 3. The largest absolute Gasteiger partial charge is 0.261 e. The summed E-state index contributed by atoms with van der Waals surface area (Å²) in [5.41, 5.74) is 2.86. The van der Waals surface area contributed by atoms with Crippen LogP contribution in [-0.4, -0.2) is 9.97 Å². The molecule has 1 atom stereocenters. The predicted octanol–water partition coefficient (Wildman–Crippen LogP) is 3.59. The van der Waals surface area contributed by atoms with E-state index in [1.165, 1.54) is 10.9 Å². The Morgan fingerprint density at radius 2 is 1.85 bits per heavy atom. The van der Waals surface area contributed by atoms with Gasteiger partial charge in [-0.25, -0.2) is 0 Å². The van der Waals surface area contributed by atoms with Crippen molar-refractivity contribution in [3.63, 3.8) is 0 Å². The van der Waals surface area contributed by atoms with Crippen LogP contribution in [0.4, 0.5) is 0 Å². The van der Waals surface area contributed by atoms with Crippen LogP contribution in [0.2, 0.25) is 0 Å². The van der Waals surface area contributed by atoms with Gasteiger partial charge in [-0.05, 0) is 29.3 Å². The third-order valence-corrected chi connectivity index (χ3v) is 3.36. The lowest BCUT2D eigenvalue weighted by Gasteiger charge is -2.10. The first-order valence-electron chi connectivity index (χ1n) is 6.44. The lowest BCUT2D eigenvalue weighted by Crippen LogP contribution is -2.01. The summed E-state index contributed by atoms with van der Waals surface area (Å²) in [5, 5.41) is 11.8. The van der Waals surface area contributed by atoms with E-state index in [0.717, 1.165) is 10.9 Å². The first kappa shape index (κ1) is 12.3. The summed E-state index contributed by atoms with van der Waals surface area (Å²) in [6, 6.07) is 14.7. The number of aryl methyl sites for hydroxylation is 1. The topological polar surface area (TPSA) is 49.6 Å². The molecule has 3 nitrogen and oxygen atoms in total. The van der Waals surface area contributed by atoms with Crippen molar-refractivity contribution in [3.05, 3.63) is 71.8 Å². The normalized spacial score (nSPS) is 12.0. The maximum absolute atomic E-state index is 9.43. The Kier molecular flexibility index (Phi) is 3.14. The van der Waals surface area contributed by atoms with Gasteiger partial charge in [0.15, 0.2) is 0 Å². The second kappa shape index (κ2) is 5.10. The van der Waals surface area contributed by atoms with Crippen molar-refractivity contribution in [2.24, 2.45) is 0 Å². The lowest BCUT2D eigenvalue weighted by atomic mass is 9.94. The Morgan fingerprint density at radius 1 is 1.05 bits per heavy atom. The zero-order valence-electron chi connectivity index (χ0n) is 11.1. The number of aromatic nitrogens is 2. The molecule has 1 aromatic heterocycles. The number of benzene rings is 2. The van der Waals surface area contributed by atoms with Crippen LogP contribution in [0, 0.1) is 18.3 Å². The minimum absolute atomic E-state index is 0.380. The van der Waals surface area contributed by atoms with Crippen molar-refractivity contribution in [3.8, 4) is 6.07 Å². The molecule has 20 heavy (non-hydrogen) atoms. The Bertz CT molecular complexity index is 788. The molecule has 0 radical (unpaired) electrons. The molecule has 0 N–H and O–H groups in total. The quantitative estimate of drug-likeness (QED) is 0.706. The number of hydrogen-bond acceptors (Lipinski definition) is 3. The summed E-state index contributed by atoms with van der Waals surface area (Å²) in [6.45, 7) is 2.07. The molecular weight excluding hydrogens is 246 g/mol. The first-order valence-corrected chi connectivity index (χ1v) is 6.44. The average molecular weight is 259 g/mol. The maximum atomic E-state index is 9.43. The minimum atomic E-state index is -0.380. The van der Waals surface area contributed by atoms with Gasteiger partial charge < -0.3 is 0 Å². The lowest BCUT2D eigenvalue weighted by molar-refractivity contribution is 0.944. The van der Waals surface area contributed by atoms with Gasteiger partial charge in [0.05, 0.1) is 18.0 Å². The molecule has 0 bridgehead atoms. The first-order chi connectivity index (χ1) is 9.78. The predicted molar refractivity (Wildman–Crippen MR) is 78.2 cm³/mol. The van der Waals surface area contributed by atoms with Crippen LogP contribution in [-0.2, 0) is 0 Å². The van der Waals surface area contributed by atoms with E-state index in [1.54, 1.807) is 18.6 Å². The van der Waals surface area contributed by atoms with Crippen LogP contribution >= 0.6 is 0 Å². The fourth-order valence-corrected chi connectivity index (χ4v) is 2.33. The molecule has 96 valence electrons. The number of rotatable bonds is 2. The van der Waals surface area contributed by atoms with Crippen molar-refractivity contribution in [2.75, 3.05) is 0 Å². The van der Waals surface area contributed by atoms with E-state index < -0.39 is 0 Å². The third-order valence-electron chi connectivity index (χ3n) is 3.36. The minimum Gasteiger partial charge on any atom is -0.261 e. The van der Waals surface area contributed by atoms with Crippen LogP contribution in [0.25, 0.3) is 10.8 Å². The number of fused-ring (bicyclic) bond motifs is 1. The molecule has 0 aliphatic rings. The molecule has 3 rings (SSSR count). The highest BCUT2D eigenvalue weighted by molar-refractivity contribution is 5.84. The van der Waals surface area contributed by atoms with Gasteiger partial charge in [-0.15, -0.1) is 0 Å². The zero-order chi connectivity index (χ0) is 13.9. The number of hydrogen-bond donors (Lipinski definition) is 0. The van der Waals surface area contributed by atoms with E-state index in [1.807, 2.05) is 6.07 Å². The highest BCUT2D eigenvalue weighted by Gasteiger charge is 2.15. The van der Waals surface area contributed by atoms with E-state index in [4.69, 9.17) is 0 Å². The molecule has 2 aromatic carbocycles. The molecule has 0 spiro atoms. The molecule has 3 heteroatoms. The van der Waals surface area contributed by atoms with Crippen LogP contribution in [0.5, 0.6) is 0 Å². The van der Waals surface area contributed by atoms with E-state index in [9.17, 15) is 5.26 Å². The molecule has 3 aromatic rings. The van der Waals surface area contributed by atoms with Crippen LogP contribution in [0.15, 0.2) is 55.0 Å². The van der Waals surface area contributed by atoms with Gasteiger partial charge in [-0.1, -0.05) is 35.9 Å². The Hall–Kier alpha value is -2.73. The summed E-state index contributed by atoms with van der Waals surface area (Å²) < 4.78 is 0. The second-order valence-electron chi connectivity index (χ2n) is 4.80. The summed E-state index contributed by atoms with van der Waals surface area (Å²) in [6.07, 6.45) is 4.87. The third kappa shape index (κ3) is 2.24. The summed E-state index contributed by atoms with van der Waals surface area (Å²) in [5.74, 6) is -0.380. The summed E-state index contributed by atoms with van der Waals surface area (Å²) >= 11 is 0. The molecule has 1 unspecified atom stereocenters. The standard InChI is InChI=1S/C17H13N3/c1-12-2-3-14-9-15(5-4-13(14)8-12)16(10-18)17-11-19-6-7-20-17/h2-9,11,16H,1H3. The van der Waals surface area contributed by atoms with Crippen molar-refractivity contribution in [1.29, 1.82) is 5.26 Å². The van der Waals surface area contributed by atoms with Crippen LogP contribution in [0.1, 0.15) is 22.7 Å². The van der Waals surface area contributed by atoms with E-state index in [-0.39, 0.29) is 5.92 Å². The van der Waals surface area contributed by atoms with Crippen molar-refractivity contribution < 1.29 is 0 Å². The monoisotopic (exact) mass is 259 g/mol. The van der Waals surface area contributed by atoms with E-state index >= 15 is 0 Å². The van der Waals surface area contributed by atoms with Crippen molar-refractivity contribution >= 4 is 10.8 Å². The average Bonchev–Trinajstić information content (AvgIpc) is 2.49. The SMILES string of the molecule is Cc1ccc2cc(C(C#N)c3cnccn3)ccc2c1. The zero-order valence-corrected chi connectivity index (χ0v) is 11.1. The van der Waals surface area contributed by atoms with Crippen molar-refractivity contribution in [1.82, 2.24) is 9.97 Å². The molecule has 0 saturated carbocycles. The Balaban J connectivity index is 2.09. The molecule has 0 amide bonds. The fraction of sp³-hybridized carbons (Fsp3) is 0.118. The van der Waals surface area contributed by atoms with Gasteiger partial charge in [-0.2, -0.15) is 5.26 Å². The van der Waals surface area contributed by atoms with Gasteiger partial charge >= 0.3 is 0 Å². The fourth-order valence-electron chi connectivity index (χ4n) is 2.33. The molecule has 1 heterocycles. The summed E-state index contributed by atoms with van der Waals surface area (Å²) in [4.78, 5) is 8.27. The molecule has 0 aliphatic heterocycles. The number of nitriles is 1. The maximum Gasteiger partial charge on any atom is 0.115 e. The van der Waals surface area contributed by atoms with Crippen LogP contribution in [0.3, 0.4) is 0 Å². The Morgan fingerprint density at radius 3 is 2.60 bits per heavy atom. The highest BCUT2D eigenvalue weighted by Crippen LogP contribution is 2.26. The molecular formula is C17H13N3. The van der Waals surface area contributed by atoms with Gasteiger partial charge in [0.25, 0.3) is 0 Å². The molecule has 0 fully saturated rings. The van der Waals surface area contributed by atoms with Gasteiger partial charge in [0.1, 0.15) is 5.92 Å². The smallest absolute Gasteiger partial charge is 0.115 e. The summed E-state index contributed by atoms with van der Waals surface area (Å²) in [7, 11) is 0.